The van der Waals surface area contributed by atoms with Crippen molar-refractivity contribution in [2.24, 2.45) is 0 Å². The van der Waals surface area contributed by atoms with E-state index < -0.39 is 11.5 Å². The second-order valence-electron chi connectivity index (χ2n) is 5.59. The van der Waals surface area contributed by atoms with Crippen LogP contribution in [0.15, 0.2) is 5.38 Å². The lowest BCUT2D eigenvalue weighted by atomic mass is 9.90. The molecule has 0 spiro atoms. The van der Waals surface area contributed by atoms with E-state index in [9.17, 15) is 9.90 Å². The van der Waals surface area contributed by atoms with Gasteiger partial charge in [0.2, 0.25) is 0 Å². The molecule has 0 bridgehead atoms. The van der Waals surface area contributed by atoms with E-state index in [1.165, 1.54) is 0 Å². The molecule has 0 aromatic carbocycles. The van der Waals surface area contributed by atoms with Gasteiger partial charge in [-0.1, -0.05) is 20.3 Å². The maximum Gasteiger partial charge on any atom is 0.324 e. The van der Waals surface area contributed by atoms with E-state index in [4.69, 9.17) is 0 Å². The maximum absolute atomic E-state index is 11.8. The molecule has 0 aliphatic carbocycles. The molecule has 1 unspecified atom stereocenters. The molecule has 112 valence electrons. The highest BCUT2D eigenvalue weighted by atomic mass is 32.1. The molecule has 0 saturated carbocycles. The Bertz CT molecular complexity index is 460. The summed E-state index contributed by atoms with van der Waals surface area (Å²) in [5.74, 6) is -0.666. The van der Waals surface area contributed by atoms with Crippen molar-refractivity contribution in [2.75, 3.05) is 6.54 Å². The highest BCUT2D eigenvalue weighted by Crippen LogP contribution is 2.35. The van der Waals surface area contributed by atoms with Crippen molar-refractivity contribution >= 4 is 17.3 Å². The number of nitrogens with zero attached hydrogens (tertiary/aromatic N) is 2. The largest absolute Gasteiger partial charge is 0.480 e. The Morgan fingerprint density at radius 1 is 1.50 bits per heavy atom. The van der Waals surface area contributed by atoms with E-state index in [1.54, 1.807) is 11.3 Å². The summed E-state index contributed by atoms with van der Waals surface area (Å²) in [6.45, 7) is 5.75. The van der Waals surface area contributed by atoms with Gasteiger partial charge in [-0.25, -0.2) is 4.98 Å². The van der Waals surface area contributed by atoms with Crippen LogP contribution in [0.2, 0.25) is 0 Å². The predicted octanol–water partition coefficient (Wildman–Crippen LogP) is 3.31. The van der Waals surface area contributed by atoms with Crippen LogP contribution < -0.4 is 0 Å². The first-order valence-electron chi connectivity index (χ1n) is 7.54. The standard InChI is InChI=1S/C15H24N2O2S/c1-3-6-13-16-12(11-20-13)10-17-9-5-8-15(17,7-4-2)14(18)19/h11H,3-10H2,1-2H3,(H,18,19). The van der Waals surface area contributed by atoms with Gasteiger partial charge in [-0.05, 0) is 38.6 Å². The van der Waals surface area contributed by atoms with Gasteiger partial charge in [-0.2, -0.15) is 0 Å². The number of aliphatic carboxylic acids is 1. The molecule has 0 radical (unpaired) electrons. The van der Waals surface area contributed by atoms with Gasteiger partial charge in [0.1, 0.15) is 5.54 Å². The second kappa shape index (κ2) is 6.68. The molecule has 1 atom stereocenters. The maximum atomic E-state index is 11.8. The van der Waals surface area contributed by atoms with Gasteiger partial charge in [0.05, 0.1) is 10.7 Å². The number of likely N-dealkylation sites (tertiary alicyclic amines) is 1. The van der Waals surface area contributed by atoms with Crippen molar-refractivity contribution < 1.29 is 9.90 Å². The lowest BCUT2D eigenvalue weighted by molar-refractivity contribution is -0.150. The Morgan fingerprint density at radius 3 is 2.95 bits per heavy atom. The first-order valence-corrected chi connectivity index (χ1v) is 8.42. The monoisotopic (exact) mass is 296 g/mol. The van der Waals surface area contributed by atoms with Crippen molar-refractivity contribution in [3.05, 3.63) is 16.1 Å². The van der Waals surface area contributed by atoms with Crippen LogP contribution in [0.3, 0.4) is 0 Å². The number of carbonyl (C=O) groups is 1. The molecule has 1 aromatic rings. The zero-order valence-corrected chi connectivity index (χ0v) is 13.2. The number of rotatable bonds is 7. The Hall–Kier alpha value is -0.940. The van der Waals surface area contributed by atoms with Crippen molar-refractivity contribution in [2.45, 2.75) is 64.5 Å². The first kappa shape index (κ1) is 15.4. The van der Waals surface area contributed by atoms with Crippen molar-refractivity contribution in [3.8, 4) is 0 Å². The Kier molecular flexibility index (Phi) is 5.16. The normalized spacial score (nSPS) is 23.3. The lowest BCUT2D eigenvalue weighted by Crippen LogP contribution is -2.50. The smallest absolute Gasteiger partial charge is 0.324 e. The Morgan fingerprint density at radius 2 is 2.30 bits per heavy atom. The summed E-state index contributed by atoms with van der Waals surface area (Å²) in [4.78, 5) is 18.5. The third-order valence-electron chi connectivity index (χ3n) is 4.10. The molecule has 1 saturated heterocycles. The van der Waals surface area contributed by atoms with Gasteiger partial charge in [-0.3, -0.25) is 9.69 Å². The SMILES string of the molecule is CCCc1nc(CN2CCCC2(CCC)C(=O)O)cs1. The summed E-state index contributed by atoms with van der Waals surface area (Å²) in [7, 11) is 0. The van der Waals surface area contributed by atoms with Crippen LogP contribution in [0.1, 0.15) is 56.7 Å². The van der Waals surface area contributed by atoms with Crippen LogP contribution in [0, 0.1) is 0 Å². The number of hydrogen-bond acceptors (Lipinski definition) is 4. The zero-order chi connectivity index (χ0) is 14.6. The molecule has 1 N–H and O–H groups in total. The molecule has 0 amide bonds. The molecule has 2 rings (SSSR count). The predicted molar refractivity (Wildman–Crippen MR) is 81.0 cm³/mol. The third kappa shape index (κ3) is 3.04. The van der Waals surface area contributed by atoms with Crippen LogP contribution in [0.4, 0.5) is 0 Å². The van der Waals surface area contributed by atoms with Gasteiger partial charge in [-0.15, -0.1) is 11.3 Å². The fourth-order valence-electron chi connectivity index (χ4n) is 3.16. The van der Waals surface area contributed by atoms with Crippen molar-refractivity contribution in [1.82, 2.24) is 9.88 Å². The van der Waals surface area contributed by atoms with Gasteiger partial charge >= 0.3 is 5.97 Å². The number of carboxylic acids is 1. The average Bonchev–Trinajstić information content (AvgIpc) is 3.00. The van der Waals surface area contributed by atoms with Gasteiger partial charge < -0.3 is 5.11 Å². The van der Waals surface area contributed by atoms with Gasteiger partial charge in [0, 0.05) is 11.9 Å². The molecular formula is C15H24N2O2S. The first-order chi connectivity index (χ1) is 9.62. The Labute approximate surface area is 124 Å². The van der Waals surface area contributed by atoms with Crippen LogP contribution in [-0.4, -0.2) is 33.0 Å². The molecule has 5 heteroatoms. The summed E-state index contributed by atoms with van der Waals surface area (Å²) < 4.78 is 0. The fraction of sp³-hybridized carbons (Fsp3) is 0.733. The van der Waals surface area contributed by atoms with Gasteiger partial charge in [0.25, 0.3) is 0 Å². The topological polar surface area (TPSA) is 53.4 Å². The molecule has 1 fully saturated rings. The molecule has 1 aliphatic heterocycles. The molecule has 20 heavy (non-hydrogen) atoms. The minimum atomic E-state index is -0.666. The van der Waals surface area contributed by atoms with Crippen LogP contribution in [0.5, 0.6) is 0 Å². The molecule has 1 aliphatic rings. The number of hydrogen-bond donors (Lipinski definition) is 1. The number of carboxylic acid groups (broad SMARTS) is 1. The number of aromatic nitrogens is 1. The van der Waals surface area contributed by atoms with E-state index in [1.807, 2.05) is 0 Å². The van der Waals surface area contributed by atoms with Crippen LogP contribution in [-0.2, 0) is 17.8 Å². The summed E-state index contributed by atoms with van der Waals surface area (Å²) in [6, 6.07) is 0. The summed E-state index contributed by atoms with van der Waals surface area (Å²) in [5.41, 5.74) is 0.366. The average molecular weight is 296 g/mol. The highest BCUT2D eigenvalue weighted by molar-refractivity contribution is 7.09. The summed E-state index contributed by atoms with van der Waals surface area (Å²) in [5, 5.41) is 12.9. The molecular weight excluding hydrogens is 272 g/mol. The van der Waals surface area contributed by atoms with E-state index in [-0.39, 0.29) is 0 Å². The van der Waals surface area contributed by atoms with Crippen LogP contribution >= 0.6 is 11.3 Å². The Balaban J connectivity index is 2.11. The quantitative estimate of drug-likeness (QED) is 0.838. The highest BCUT2D eigenvalue weighted by Gasteiger charge is 2.46. The van der Waals surface area contributed by atoms with Crippen molar-refractivity contribution in [1.29, 1.82) is 0 Å². The lowest BCUT2D eigenvalue weighted by Gasteiger charge is -2.34. The van der Waals surface area contributed by atoms with E-state index in [2.05, 4.69) is 29.1 Å². The zero-order valence-electron chi connectivity index (χ0n) is 12.4. The second-order valence-corrected chi connectivity index (χ2v) is 6.54. The number of thiazole rings is 1. The van der Waals surface area contributed by atoms with Crippen LogP contribution in [0.25, 0.3) is 0 Å². The van der Waals surface area contributed by atoms with E-state index >= 15 is 0 Å². The van der Waals surface area contributed by atoms with Crippen molar-refractivity contribution in [3.63, 3.8) is 0 Å². The fourth-order valence-corrected chi connectivity index (χ4v) is 4.05. The minimum Gasteiger partial charge on any atom is -0.480 e. The van der Waals surface area contributed by atoms with E-state index in [0.717, 1.165) is 55.8 Å². The summed E-state index contributed by atoms with van der Waals surface area (Å²) >= 11 is 1.69. The molecule has 2 heterocycles. The minimum absolute atomic E-state index is 0.663. The third-order valence-corrected chi connectivity index (χ3v) is 5.06. The van der Waals surface area contributed by atoms with E-state index in [0.29, 0.717) is 6.54 Å². The molecule has 4 nitrogen and oxygen atoms in total. The number of aryl methyl sites for hydroxylation is 1. The summed E-state index contributed by atoms with van der Waals surface area (Å²) in [6.07, 6.45) is 5.49. The molecule has 1 aromatic heterocycles. The van der Waals surface area contributed by atoms with Gasteiger partial charge in [0.15, 0.2) is 0 Å².